The van der Waals surface area contributed by atoms with Gasteiger partial charge >= 0.3 is 17.9 Å². The van der Waals surface area contributed by atoms with Crippen molar-refractivity contribution in [2.24, 2.45) is 0 Å². The first kappa shape index (κ1) is 77.9. The molecule has 0 heterocycles. The van der Waals surface area contributed by atoms with E-state index in [9.17, 15) is 14.4 Å². The predicted octanol–water partition coefficient (Wildman–Crippen LogP) is 24.4. The molecule has 6 nitrogen and oxygen atoms in total. The predicted molar refractivity (Wildman–Crippen MR) is 353 cm³/mol. The Kier molecular flexibility index (Phi) is 66.6. The molecule has 0 bridgehead atoms. The molecule has 81 heavy (non-hydrogen) atoms. The zero-order valence-electron chi connectivity index (χ0n) is 54.1. The van der Waals surface area contributed by atoms with Gasteiger partial charge in [-0.05, 0) is 83.5 Å². The van der Waals surface area contributed by atoms with Gasteiger partial charge in [0.2, 0.25) is 0 Å². The molecule has 0 spiro atoms. The van der Waals surface area contributed by atoms with Crippen LogP contribution in [-0.2, 0) is 28.6 Å². The summed E-state index contributed by atoms with van der Waals surface area (Å²) in [6.45, 7) is 6.51. The minimum Gasteiger partial charge on any atom is -0.462 e. The minimum atomic E-state index is -0.782. The Morgan fingerprint density at radius 1 is 0.259 bits per heavy atom. The van der Waals surface area contributed by atoms with Crippen molar-refractivity contribution in [1.82, 2.24) is 0 Å². The Morgan fingerprint density at radius 2 is 0.506 bits per heavy atom. The lowest BCUT2D eigenvalue weighted by molar-refractivity contribution is -0.167. The highest BCUT2D eigenvalue weighted by Crippen LogP contribution is 2.18. The summed E-state index contributed by atoms with van der Waals surface area (Å²) in [5.74, 6) is -0.872. The van der Waals surface area contributed by atoms with E-state index in [0.29, 0.717) is 19.3 Å². The lowest BCUT2D eigenvalue weighted by atomic mass is 10.0. The smallest absolute Gasteiger partial charge is 0.306 e. The Balaban J connectivity index is 4.25. The maximum Gasteiger partial charge on any atom is 0.306 e. The summed E-state index contributed by atoms with van der Waals surface area (Å²) in [5.41, 5.74) is 0. The molecule has 470 valence electrons. The summed E-state index contributed by atoms with van der Waals surface area (Å²) in [6, 6.07) is 0. The fourth-order valence-corrected chi connectivity index (χ4v) is 10.4. The summed E-state index contributed by atoms with van der Waals surface area (Å²) in [6.07, 6.45) is 90.8. The molecule has 0 saturated carbocycles. The zero-order chi connectivity index (χ0) is 58.5. The number of ether oxygens (including phenoxy) is 3. The number of carbonyl (C=O) groups excluding carboxylic acids is 3. The molecule has 0 aliphatic carbocycles. The summed E-state index contributed by atoms with van der Waals surface area (Å²) in [4.78, 5) is 38.4. The number of allylic oxidation sites excluding steroid dienone is 12. The molecular formula is C75H134O6. The van der Waals surface area contributed by atoms with Crippen molar-refractivity contribution in [2.45, 2.75) is 374 Å². The number of esters is 3. The van der Waals surface area contributed by atoms with Crippen LogP contribution < -0.4 is 0 Å². The third kappa shape index (κ3) is 67.5. The van der Waals surface area contributed by atoms with Crippen LogP contribution in [0.15, 0.2) is 72.9 Å². The first-order valence-corrected chi connectivity index (χ1v) is 35.4. The van der Waals surface area contributed by atoms with E-state index in [1.54, 1.807) is 0 Å². The highest BCUT2D eigenvalue weighted by molar-refractivity contribution is 5.71. The third-order valence-corrected chi connectivity index (χ3v) is 15.7. The molecule has 0 N–H and O–H groups in total. The molecule has 0 aliphatic heterocycles. The lowest BCUT2D eigenvalue weighted by Gasteiger charge is -2.18. The molecule has 0 aliphatic rings. The molecule has 0 aromatic heterocycles. The van der Waals surface area contributed by atoms with Gasteiger partial charge in [0, 0.05) is 19.3 Å². The monoisotopic (exact) mass is 1130 g/mol. The second-order valence-corrected chi connectivity index (χ2v) is 23.8. The second kappa shape index (κ2) is 69.3. The van der Waals surface area contributed by atoms with E-state index < -0.39 is 6.10 Å². The Morgan fingerprint density at radius 3 is 0.802 bits per heavy atom. The average molecular weight is 1130 g/mol. The molecule has 0 amide bonds. The summed E-state index contributed by atoms with van der Waals surface area (Å²) >= 11 is 0. The van der Waals surface area contributed by atoms with Gasteiger partial charge in [-0.15, -0.1) is 0 Å². The molecular weight excluding hydrogens is 997 g/mol. The van der Waals surface area contributed by atoms with Crippen molar-refractivity contribution in [2.75, 3.05) is 13.2 Å². The van der Waals surface area contributed by atoms with Gasteiger partial charge in [0.25, 0.3) is 0 Å². The first-order valence-electron chi connectivity index (χ1n) is 35.4. The minimum absolute atomic E-state index is 0.0773. The third-order valence-electron chi connectivity index (χ3n) is 15.7. The number of hydrogen-bond donors (Lipinski definition) is 0. The van der Waals surface area contributed by atoms with Gasteiger partial charge in [0.05, 0.1) is 0 Å². The summed E-state index contributed by atoms with van der Waals surface area (Å²) in [5, 5.41) is 0. The van der Waals surface area contributed by atoms with Crippen molar-refractivity contribution >= 4 is 17.9 Å². The highest BCUT2D eigenvalue weighted by atomic mass is 16.6. The molecule has 6 heteroatoms. The standard InChI is InChI=1S/C75H134O6/c1-4-7-10-13-16-19-22-25-27-29-31-33-35-37-39-41-43-45-47-50-53-56-59-62-65-68-74(77)80-71-72(70-79-73(76)67-64-61-58-55-52-49-24-21-18-15-12-9-6-3)81-75(78)69-66-63-60-57-54-51-48-46-44-42-40-38-36-34-32-30-28-26-23-20-17-14-11-8-5-2/h7,10,12,15-16,19,21,24-25,27,31,33,72H,4-6,8-9,11,13-14,17-18,20,22-23,26,28-30,32,34-71H2,1-3H3/b10-7-,15-12-,19-16-,24-21-,27-25-,33-31-. The van der Waals surface area contributed by atoms with Gasteiger partial charge in [-0.1, -0.05) is 338 Å². The van der Waals surface area contributed by atoms with Crippen LogP contribution in [0, 0.1) is 0 Å². The molecule has 0 radical (unpaired) electrons. The molecule has 0 saturated heterocycles. The molecule has 0 rings (SSSR count). The normalized spacial score (nSPS) is 12.5. The second-order valence-electron chi connectivity index (χ2n) is 23.8. The van der Waals surface area contributed by atoms with Crippen LogP contribution in [0.5, 0.6) is 0 Å². The summed E-state index contributed by atoms with van der Waals surface area (Å²) < 4.78 is 17.0. The SMILES string of the molecule is CC/C=C\C/C=C\C/C=C\C/C=C\CCCCCCCCCCCCCCC(=O)OCC(COC(=O)CCCCCCC/C=C\C/C=C\CCC)OC(=O)CCCCCCCCCCCCCCCCCCCCCCCCCCC. The highest BCUT2D eigenvalue weighted by Gasteiger charge is 2.19. The number of unbranched alkanes of at least 4 members (excludes halogenated alkanes) is 42. The van der Waals surface area contributed by atoms with E-state index >= 15 is 0 Å². The maximum atomic E-state index is 13.0. The Labute approximate surface area is 503 Å². The van der Waals surface area contributed by atoms with Crippen molar-refractivity contribution in [1.29, 1.82) is 0 Å². The topological polar surface area (TPSA) is 78.9 Å². The van der Waals surface area contributed by atoms with E-state index in [4.69, 9.17) is 14.2 Å². The van der Waals surface area contributed by atoms with Crippen LogP contribution in [0.25, 0.3) is 0 Å². The van der Waals surface area contributed by atoms with E-state index in [1.807, 2.05) is 0 Å². The van der Waals surface area contributed by atoms with Gasteiger partial charge in [0.15, 0.2) is 6.10 Å². The molecule has 0 aromatic carbocycles. The zero-order valence-corrected chi connectivity index (χ0v) is 54.1. The summed E-state index contributed by atoms with van der Waals surface area (Å²) in [7, 11) is 0. The molecule has 0 aromatic rings. The van der Waals surface area contributed by atoms with Gasteiger partial charge in [0.1, 0.15) is 13.2 Å². The quantitative estimate of drug-likeness (QED) is 0.0261. The van der Waals surface area contributed by atoms with Gasteiger partial charge in [-0.2, -0.15) is 0 Å². The van der Waals surface area contributed by atoms with Crippen LogP contribution in [0.2, 0.25) is 0 Å². The van der Waals surface area contributed by atoms with E-state index in [1.165, 1.54) is 218 Å². The number of hydrogen-bond acceptors (Lipinski definition) is 6. The van der Waals surface area contributed by atoms with Crippen LogP contribution in [0.1, 0.15) is 367 Å². The van der Waals surface area contributed by atoms with Gasteiger partial charge in [-0.3, -0.25) is 14.4 Å². The van der Waals surface area contributed by atoms with E-state index in [0.717, 1.165) is 109 Å². The fourth-order valence-electron chi connectivity index (χ4n) is 10.4. The number of carbonyl (C=O) groups is 3. The fraction of sp³-hybridized carbons (Fsp3) is 0.800. The van der Waals surface area contributed by atoms with E-state index in [2.05, 4.69) is 93.7 Å². The van der Waals surface area contributed by atoms with Gasteiger partial charge < -0.3 is 14.2 Å². The van der Waals surface area contributed by atoms with Crippen molar-refractivity contribution in [3.05, 3.63) is 72.9 Å². The average Bonchev–Trinajstić information content (AvgIpc) is 3.46. The van der Waals surface area contributed by atoms with E-state index in [-0.39, 0.29) is 31.1 Å². The van der Waals surface area contributed by atoms with Crippen molar-refractivity contribution in [3.63, 3.8) is 0 Å². The Bertz CT molecular complexity index is 1490. The number of rotatable bonds is 65. The van der Waals surface area contributed by atoms with Crippen LogP contribution >= 0.6 is 0 Å². The van der Waals surface area contributed by atoms with Crippen LogP contribution in [0.4, 0.5) is 0 Å². The van der Waals surface area contributed by atoms with Crippen molar-refractivity contribution < 1.29 is 28.6 Å². The van der Waals surface area contributed by atoms with Crippen LogP contribution in [0.3, 0.4) is 0 Å². The van der Waals surface area contributed by atoms with Crippen LogP contribution in [-0.4, -0.2) is 37.2 Å². The maximum absolute atomic E-state index is 13.0. The Hall–Kier alpha value is -3.15. The first-order chi connectivity index (χ1) is 40.0. The molecule has 0 fully saturated rings. The van der Waals surface area contributed by atoms with Gasteiger partial charge in [-0.25, -0.2) is 0 Å². The lowest BCUT2D eigenvalue weighted by Crippen LogP contribution is -2.30. The largest absolute Gasteiger partial charge is 0.462 e. The van der Waals surface area contributed by atoms with Crippen molar-refractivity contribution in [3.8, 4) is 0 Å². The molecule has 1 atom stereocenters. The molecule has 1 unspecified atom stereocenters.